The first-order valence-electron chi connectivity index (χ1n) is 9.60. The maximum absolute atomic E-state index is 5.91. The molecular formula is C23H33NO2. The summed E-state index contributed by atoms with van der Waals surface area (Å²) < 4.78 is 11.8. The van der Waals surface area contributed by atoms with Gasteiger partial charge >= 0.3 is 0 Å². The van der Waals surface area contributed by atoms with Gasteiger partial charge in [0.2, 0.25) is 0 Å². The zero-order valence-corrected chi connectivity index (χ0v) is 16.8. The third-order valence-corrected chi connectivity index (χ3v) is 4.09. The van der Waals surface area contributed by atoms with Crippen molar-refractivity contribution >= 4 is 0 Å². The molecule has 0 saturated heterocycles. The standard InChI is InChI=1S/C23H33NO2/c1-6-10-22(24-18(2)17-25-23(3,4)5)19-13-15-21(16-14-19)26-20-11-8-7-9-12-20/h7-9,11-16,18,22,24H,6,10,17H2,1-5H3/t18-,22?/m1/s1. The van der Waals surface area contributed by atoms with E-state index in [0.717, 1.165) is 24.3 Å². The van der Waals surface area contributed by atoms with Crippen molar-refractivity contribution in [3.8, 4) is 11.5 Å². The monoisotopic (exact) mass is 355 g/mol. The normalized spacial score (nSPS) is 14.0. The van der Waals surface area contributed by atoms with Crippen molar-refractivity contribution in [1.29, 1.82) is 0 Å². The molecule has 0 amide bonds. The lowest BCUT2D eigenvalue weighted by atomic mass is 10.0. The number of nitrogens with one attached hydrogen (secondary N) is 1. The van der Waals surface area contributed by atoms with Crippen LogP contribution >= 0.6 is 0 Å². The molecule has 0 heterocycles. The second kappa shape index (κ2) is 9.75. The summed E-state index contributed by atoms with van der Waals surface area (Å²) in [6.07, 6.45) is 2.23. The van der Waals surface area contributed by atoms with E-state index >= 15 is 0 Å². The molecule has 3 heteroatoms. The van der Waals surface area contributed by atoms with Gasteiger partial charge in [0.05, 0.1) is 12.2 Å². The van der Waals surface area contributed by atoms with E-state index in [0.29, 0.717) is 18.7 Å². The molecule has 0 aromatic heterocycles. The van der Waals surface area contributed by atoms with Gasteiger partial charge in [-0.25, -0.2) is 0 Å². The average molecular weight is 356 g/mol. The molecule has 0 saturated carbocycles. The van der Waals surface area contributed by atoms with Crippen LogP contribution in [0.3, 0.4) is 0 Å². The first-order chi connectivity index (χ1) is 12.4. The highest BCUT2D eigenvalue weighted by atomic mass is 16.5. The Morgan fingerprint density at radius 2 is 1.54 bits per heavy atom. The Kier molecular flexibility index (Phi) is 7.67. The fraction of sp³-hybridized carbons (Fsp3) is 0.478. The summed E-state index contributed by atoms with van der Waals surface area (Å²) in [6, 6.07) is 18.9. The number of hydrogen-bond donors (Lipinski definition) is 1. The second-order valence-corrected chi connectivity index (χ2v) is 7.82. The van der Waals surface area contributed by atoms with Crippen LogP contribution in [0.1, 0.15) is 59.1 Å². The van der Waals surface area contributed by atoms with Crippen molar-refractivity contribution in [2.75, 3.05) is 6.61 Å². The van der Waals surface area contributed by atoms with Gasteiger partial charge in [-0.1, -0.05) is 43.7 Å². The van der Waals surface area contributed by atoms with E-state index in [1.165, 1.54) is 5.56 Å². The molecular weight excluding hydrogens is 322 g/mol. The molecule has 2 rings (SSSR count). The maximum atomic E-state index is 5.91. The van der Waals surface area contributed by atoms with Crippen LogP contribution in [0.25, 0.3) is 0 Å². The number of benzene rings is 2. The number of ether oxygens (including phenoxy) is 2. The largest absolute Gasteiger partial charge is 0.457 e. The van der Waals surface area contributed by atoms with Crippen LogP contribution in [0.15, 0.2) is 54.6 Å². The highest BCUT2D eigenvalue weighted by molar-refractivity contribution is 5.34. The number of rotatable bonds is 9. The summed E-state index contributed by atoms with van der Waals surface area (Å²) >= 11 is 0. The van der Waals surface area contributed by atoms with E-state index in [-0.39, 0.29) is 5.60 Å². The van der Waals surface area contributed by atoms with Gasteiger partial charge in [0.25, 0.3) is 0 Å². The molecule has 0 radical (unpaired) electrons. The topological polar surface area (TPSA) is 30.5 Å². The predicted octanol–water partition coefficient (Wildman–Crippen LogP) is 6.11. The molecule has 1 unspecified atom stereocenters. The molecule has 0 aliphatic heterocycles. The van der Waals surface area contributed by atoms with Gasteiger partial charge in [0, 0.05) is 12.1 Å². The summed E-state index contributed by atoms with van der Waals surface area (Å²) in [5, 5.41) is 3.71. The minimum Gasteiger partial charge on any atom is -0.457 e. The molecule has 142 valence electrons. The fourth-order valence-electron chi connectivity index (χ4n) is 2.79. The van der Waals surface area contributed by atoms with Gasteiger partial charge in [-0.3, -0.25) is 0 Å². The van der Waals surface area contributed by atoms with E-state index < -0.39 is 0 Å². The van der Waals surface area contributed by atoms with E-state index in [1.807, 2.05) is 42.5 Å². The lowest BCUT2D eigenvalue weighted by Gasteiger charge is -2.27. The van der Waals surface area contributed by atoms with Gasteiger partial charge in [0.15, 0.2) is 0 Å². The maximum Gasteiger partial charge on any atom is 0.127 e. The lowest BCUT2D eigenvalue weighted by Crippen LogP contribution is -2.36. The lowest BCUT2D eigenvalue weighted by molar-refractivity contribution is -0.0137. The SMILES string of the molecule is CCCC(N[C@H](C)COC(C)(C)C)c1ccc(Oc2ccccc2)cc1. The first kappa shape index (κ1) is 20.5. The second-order valence-electron chi connectivity index (χ2n) is 7.82. The quantitative estimate of drug-likeness (QED) is 0.588. The number of hydrogen-bond acceptors (Lipinski definition) is 3. The van der Waals surface area contributed by atoms with Gasteiger partial charge in [0.1, 0.15) is 11.5 Å². The van der Waals surface area contributed by atoms with Crippen molar-refractivity contribution in [2.45, 2.75) is 65.1 Å². The molecule has 3 nitrogen and oxygen atoms in total. The van der Waals surface area contributed by atoms with Crippen LogP contribution in [0, 0.1) is 0 Å². The van der Waals surface area contributed by atoms with Gasteiger partial charge < -0.3 is 14.8 Å². The molecule has 0 bridgehead atoms. The molecule has 0 aliphatic carbocycles. The highest BCUT2D eigenvalue weighted by Gasteiger charge is 2.17. The molecule has 26 heavy (non-hydrogen) atoms. The molecule has 2 aromatic rings. The van der Waals surface area contributed by atoms with Crippen LogP contribution in [0.5, 0.6) is 11.5 Å². The van der Waals surface area contributed by atoms with Crippen LogP contribution in [-0.2, 0) is 4.74 Å². The van der Waals surface area contributed by atoms with Crippen molar-refractivity contribution in [1.82, 2.24) is 5.32 Å². The van der Waals surface area contributed by atoms with E-state index in [2.05, 4.69) is 52.1 Å². The van der Waals surface area contributed by atoms with Crippen LogP contribution < -0.4 is 10.1 Å². The predicted molar refractivity (Wildman–Crippen MR) is 109 cm³/mol. The Balaban J connectivity index is 1.98. The van der Waals surface area contributed by atoms with Crippen molar-refractivity contribution in [2.24, 2.45) is 0 Å². The van der Waals surface area contributed by atoms with Gasteiger partial charge in [-0.05, 0) is 63.9 Å². The summed E-state index contributed by atoms with van der Waals surface area (Å²) in [6.45, 7) is 11.4. The molecule has 0 spiro atoms. The molecule has 2 atom stereocenters. The van der Waals surface area contributed by atoms with Crippen LogP contribution in [-0.4, -0.2) is 18.2 Å². The van der Waals surface area contributed by atoms with Crippen molar-refractivity contribution < 1.29 is 9.47 Å². The molecule has 2 aromatic carbocycles. The zero-order chi connectivity index (χ0) is 19.0. The van der Waals surface area contributed by atoms with Gasteiger partial charge in [-0.2, -0.15) is 0 Å². The average Bonchev–Trinajstić information content (AvgIpc) is 2.61. The van der Waals surface area contributed by atoms with Gasteiger partial charge in [-0.15, -0.1) is 0 Å². The Morgan fingerprint density at radius 1 is 0.923 bits per heavy atom. The first-order valence-corrected chi connectivity index (χ1v) is 9.60. The number of para-hydroxylation sites is 1. The fourth-order valence-corrected chi connectivity index (χ4v) is 2.79. The van der Waals surface area contributed by atoms with Crippen LogP contribution in [0.2, 0.25) is 0 Å². The Bertz CT molecular complexity index is 632. The summed E-state index contributed by atoms with van der Waals surface area (Å²) in [5.74, 6) is 1.72. The minimum absolute atomic E-state index is 0.105. The summed E-state index contributed by atoms with van der Waals surface area (Å²) in [5.41, 5.74) is 1.18. The van der Waals surface area contributed by atoms with Crippen LogP contribution in [0.4, 0.5) is 0 Å². The van der Waals surface area contributed by atoms with E-state index in [1.54, 1.807) is 0 Å². The third-order valence-electron chi connectivity index (χ3n) is 4.09. The Hall–Kier alpha value is -1.84. The highest BCUT2D eigenvalue weighted by Crippen LogP contribution is 2.25. The smallest absolute Gasteiger partial charge is 0.127 e. The molecule has 0 fully saturated rings. The summed E-state index contributed by atoms with van der Waals surface area (Å²) in [4.78, 5) is 0. The van der Waals surface area contributed by atoms with Crippen molar-refractivity contribution in [3.05, 3.63) is 60.2 Å². The summed E-state index contributed by atoms with van der Waals surface area (Å²) in [7, 11) is 0. The van der Waals surface area contributed by atoms with E-state index in [4.69, 9.17) is 9.47 Å². The third kappa shape index (κ3) is 7.19. The Morgan fingerprint density at radius 3 is 2.12 bits per heavy atom. The minimum atomic E-state index is -0.105. The zero-order valence-electron chi connectivity index (χ0n) is 16.8. The Labute approximate surface area is 158 Å². The molecule has 1 N–H and O–H groups in total. The van der Waals surface area contributed by atoms with E-state index in [9.17, 15) is 0 Å². The van der Waals surface area contributed by atoms with Crippen molar-refractivity contribution in [3.63, 3.8) is 0 Å². The molecule has 0 aliphatic rings.